The smallest absolute Gasteiger partial charge is 0.377 e. The molecule has 0 N–H and O–H groups in total. The average Bonchev–Trinajstić information content (AvgIpc) is 0.918. The number of hydrogen-bond donors (Lipinski definition) is 0. The molecule has 4 heavy (non-hydrogen) atoms. The molecule has 0 saturated carbocycles. The van der Waals surface area contributed by atoms with Gasteiger partial charge in [0.1, 0.15) is 0 Å². The summed E-state index contributed by atoms with van der Waals surface area (Å²) in [7, 11) is 0. The van der Waals surface area contributed by atoms with Crippen molar-refractivity contribution in [2.24, 2.45) is 0 Å². The zero-order valence-corrected chi connectivity index (χ0v) is 3.88. The van der Waals surface area contributed by atoms with Crippen LogP contribution in [0.5, 0.6) is 0 Å². The van der Waals surface area contributed by atoms with Crippen LogP contribution in [0, 0.1) is 7.43 Å². The second-order valence-electron chi connectivity index (χ2n) is 0.101. The third-order valence-electron chi connectivity index (χ3n) is 0. The van der Waals surface area contributed by atoms with E-state index in [1.54, 1.807) is 0 Å². The number of rotatable bonds is 0. The summed E-state index contributed by atoms with van der Waals surface area (Å²) in [6.07, 6.45) is 0. The monoisotopic (exact) mass is 81.0 g/mol. The van der Waals surface area contributed by atoms with E-state index in [1.807, 2.05) is 0 Å². The van der Waals surface area contributed by atoms with Gasteiger partial charge in [0.25, 0.3) is 0 Å². The third kappa shape index (κ3) is 30.1. The lowest BCUT2D eigenvalue weighted by atomic mass is 12.0. The van der Waals surface area contributed by atoms with Gasteiger partial charge in [0.05, 0.1) is 0 Å². The summed E-state index contributed by atoms with van der Waals surface area (Å²) in [5, 5.41) is 0. The third-order valence-corrected chi connectivity index (χ3v) is 0. The van der Waals surface area contributed by atoms with Gasteiger partial charge in [0, 0.05) is 0 Å². The van der Waals surface area contributed by atoms with Crippen molar-refractivity contribution in [1.82, 2.24) is 0 Å². The topological polar surface area (TPSA) is 0 Å². The summed E-state index contributed by atoms with van der Waals surface area (Å²) in [6, 6.07) is 0. The van der Waals surface area contributed by atoms with Crippen LogP contribution in [0.15, 0.2) is 0 Å². The van der Waals surface area contributed by atoms with E-state index in [2.05, 4.69) is 0 Å². The molecular formula is CH4AlF2. The summed E-state index contributed by atoms with van der Waals surface area (Å²) in [6.45, 7) is 0. The molecule has 0 aromatic carbocycles. The van der Waals surface area contributed by atoms with Crippen LogP contribution in [0.25, 0.3) is 0 Å². The van der Waals surface area contributed by atoms with E-state index < -0.39 is 16.1 Å². The van der Waals surface area contributed by atoms with Crippen molar-refractivity contribution >= 4 is 16.1 Å². The molecule has 0 aliphatic heterocycles. The fourth-order valence-electron chi connectivity index (χ4n) is 0. The fourth-order valence-corrected chi connectivity index (χ4v) is 0. The van der Waals surface area contributed by atoms with Crippen LogP contribution < -0.4 is 0 Å². The lowest BCUT2D eigenvalue weighted by Gasteiger charge is -1.34. The minimum Gasteiger partial charge on any atom is -0.377 e. The Morgan fingerprint density at radius 2 is 1.25 bits per heavy atom. The standard InChI is InChI=1S/CH3.Al.2FH.H/h1H3;;2*1H;/q;+2;;;/p-2. The molecule has 0 unspecified atom stereocenters. The first-order chi connectivity index (χ1) is 1.41. The normalized spacial score (nSPS) is 3.50. The summed E-state index contributed by atoms with van der Waals surface area (Å²) in [4.78, 5) is 0. The average molecular weight is 81.0 g/mol. The lowest BCUT2D eigenvalue weighted by Crippen LogP contribution is -1.45. The molecule has 0 bridgehead atoms. The highest BCUT2D eigenvalue weighted by Crippen LogP contribution is 1.49. The van der Waals surface area contributed by atoms with E-state index in [9.17, 15) is 7.05 Å². The maximum atomic E-state index is 9.76. The van der Waals surface area contributed by atoms with Crippen molar-refractivity contribution < 1.29 is 7.05 Å². The summed E-state index contributed by atoms with van der Waals surface area (Å²) < 4.78 is 19.5. The van der Waals surface area contributed by atoms with Crippen LogP contribution in [-0.4, -0.2) is 16.1 Å². The van der Waals surface area contributed by atoms with Crippen molar-refractivity contribution in [3.63, 3.8) is 0 Å². The molecule has 0 fully saturated rings. The highest BCUT2D eigenvalue weighted by atomic mass is 27.2. The Hall–Kier alpha value is 0.392. The van der Waals surface area contributed by atoms with Gasteiger partial charge in [-0.15, -0.1) is 0 Å². The molecule has 0 spiro atoms. The van der Waals surface area contributed by atoms with Crippen LogP contribution in [0.3, 0.4) is 0 Å². The minimum absolute atomic E-state index is 0. The van der Waals surface area contributed by atoms with Crippen LogP contribution in [0.2, 0.25) is 0 Å². The molecule has 0 aromatic rings. The van der Waals surface area contributed by atoms with E-state index in [-0.39, 0.29) is 7.43 Å². The predicted molar refractivity (Wildman–Crippen MR) is 15.8 cm³/mol. The fraction of sp³-hybridized carbons (Fsp3) is 0. The zero-order valence-electron chi connectivity index (χ0n) is 2.46. The van der Waals surface area contributed by atoms with Gasteiger partial charge in [-0.25, -0.2) is 0 Å². The van der Waals surface area contributed by atoms with Crippen molar-refractivity contribution in [2.45, 2.75) is 0 Å². The first-order valence-corrected chi connectivity index (χ1v) is 1.60. The van der Waals surface area contributed by atoms with Gasteiger partial charge in [-0.05, 0) is 0 Å². The summed E-state index contributed by atoms with van der Waals surface area (Å²) in [5.41, 5.74) is 0. The van der Waals surface area contributed by atoms with Crippen LogP contribution >= 0.6 is 0 Å². The Bertz CT molecular complexity index is 6.00. The first-order valence-electron chi connectivity index (χ1n) is 0.535. The molecule has 0 aliphatic rings. The second-order valence-corrected chi connectivity index (χ2v) is 0.303. The zero-order chi connectivity index (χ0) is 2.71. The van der Waals surface area contributed by atoms with Crippen LogP contribution in [-0.2, 0) is 0 Å². The van der Waals surface area contributed by atoms with Crippen molar-refractivity contribution in [3.8, 4) is 0 Å². The SMILES string of the molecule is [CH3].[F][AlH][F]. The van der Waals surface area contributed by atoms with Gasteiger partial charge < -0.3 is 7.05 Å². The highest BCUT2D eigenvalue weighted by Gasteiger charge is 1.70. The Morgan fingerprint density at radius 3 is 1.25 bits per heavy atom. The summed E-state index contributed by atoms with van der Waals surface area (Å²) >= 11 is -2.58. The first kappa shape index (κ1) is 8.83. The highest BCUT2D eigenvalue weighted by molar-refractivity contribution is 6.15. The molecule has 0 atom stereocenters. The Labute approximate surface area is 31.5 Å². The maximum Gasteiger partial charge on any atom is 0.732 e. The number of hydrogen-bond acceptors (Lipinski definition) is 0. The second kappa shape index (κ2) is 10.0. The molecule has 25 valence electrons. The van der Waals surface area contributed by atoms with E-state index in [1.165, 1.54) is 0 Å². The van der Waals surface area contributed by atoms with Crippen molar-refractivity contribution in [1.29, 1.82) is 0 Å². The maximum absolute atomic E-state index is 9.76. The van der Waals surface area contributed by atoms with E-state index in [4.69, 9.17) is 0 Å². The molecule has 0 rings (SSSR count). The molecule has 0 saturated heterocycles. The van der Waals surface area contributed by atoms with E-state index in [0.29, 0.717) is 0 Å². The van der Waals surface area contributed by atoms with Crippen LogP contribution in [0.1, 0.15) is 0 Å². The van der Waals surface area contributed by atoms with Gasteiger partial charge >= 0.3 is 16.1 Å². The molecule has 0 aliphatic carbocycles. The van der Waals surface area contributed by atoms with E-state index in [0.717, 1.165) is 0 Å². The lowest BCUT2D eigenvalue weighted by molar-refractivity contribution is 0.712. The molecule has 0 heterocycles. The van der Waals surface area contributed by atoms with E-state index >= 15 is 0 Å². The molecule has 0 aromatic heterocycles. The van der Waals surface area contributed by atoms with Crippen LogP contribution in [0.4, 0.5) is 7.05 Å². The van der Waals surface area contributed by atoms with Gasteiger partial charge in [-0.3, -0.25) is 0 Å². The largest absolute Gasteiger partial charge is 0.732 e. The molecule has 0 amide bonds. The van der Waals surface area contributed by atoms with Gasteiger partial charge in [-0.2, -0.15) is 0 Å². The molecule has 1 radical (unpaired) electrons. The Morgan fingerprint density at radius 1 is 1.25 bits per heavy atom. The van der Waals surface area contributed by atoms with Gasteiger partial charge in [0.15, 0.2) is 0 Å². The minimum atomic E-state index is -2.58. The number of halogens is 2. The Kier molecular flexibility index (Phi) is 22.1. The van der Waals surface area contributed by atoms with Crippen molar-refractivity contribution in [2.75, 3.05) is 0 Å². The molecular weight excluding hydrogens is 77.0 g/mol. The van der Waals surface area contributed by atoms with Gasteiger partial charge in [-0.1, -0.05) is 7.43 Å². The van der Waals surface area contributed by atoms with Gasteiger partial charge in [0.2, 0.25) is 0 Å². The quantitative estimate of drug-likeness (QED) is 0.375. The van der Waals surface area contributed by atoms with Crippen molar-refractivity contribution in [3.05, 3.63) is 7.43 Å². The molecule has 0 nitrogen and oxygen atoms in total. The Balaban J connectivity index is 0. The molecule has 3 heteroatoms. The summed E-state index contributed by atoms with van der Waals surface area (Å²) in [5.74, 6) is 0. The predicted octanol–water partition coefficient (Wildman–Crippen LogP) is 0.642.